The first kappa shape index (κ1) is 16.2. The molecule has 0 spiro atoms. The molecule has 1 amide bonds. The summed E-state index contributed by atoms with van der Waals surface area (Å²) in [6.45, 7) is 10.2. The Balaban J connectivity index is 2.49. The van der Waals surface area contributed by atoms with Gasteiger partial charge in [0.25, 0.3) is 5.91 Å². The summed E-state index contributed by atoms with van der Waals surface area (Å²) < 4.78 is 5.45. The molecule has 0 atom stereocenters. The topological polar surface area (TPSA) is 50.7 Å². The molecule has 1 aromatic rings. The maximum atomic E-state index is 11.7. The Hall–Kier alpha value is -1.84. The van der Waals surface area contributed by atoms with Crippen LogP contribution in [0.5, 0.6) is 5.75 Å². The molecular formula is C16H24N2O2. The van der Waals surface area contributed by atoms with Gasteiger partial charge in [0, 0.05) is 5.71 Å². The highest BCUT2D eigenvalue weighted by atomic mass is 16.5. The van der Waals surface area contributed by atoms with Gasteiger partial charge in [-0.3, -0.25) is 4.79 Å². The number of nitrogens with zero attached hydrogens (tertiary/aromatic N) is 1. The normalized spacial score (nSPS) is 11.6. The molecule has 0 aromatic heterocycles. The molecule has 4 nitrogen and oxygen atoms in total. The van der Waals surface area contributed by atoms with Crippen LogP contribution in [0.3, 0.4) is 0 Å². The molecule has 0 radical (unpaired) electrons. The number of benzene rings is 1. The fraction of sp³-hybridized carbons (Fsp3) is 0.500. The summed E-state index contributed by atoms with van der Waals surface area (Å²) >= 11 is 0. The largest absolute Gasteiger partial charge is 0.484 e. The van der Waals surface area contributed by atoms with Gasteiger partial charge in [-0.15, -0.1) is 0 Å². The van der Waals surface area contributed by atoms with Gasteiger partial charge in [0.2, 0.25) is 0 Å². The Bertz CT molecular complexity index is 493. The van der Waals surface area contributed by atoms with E-state index in [0.717, 1.165) is 17.7 Å². The molecule has 0 saturated carbocycles. The molecule has 0 saturated heterocycles. The minimum Gasteiger partial charge on any atom is -0.484 e. The summed E-state index contributed by atoms with van der Waals surface area (Å²) in [7, 11) is 0. The van der Waals surface area contributed by atoms with Gasteiger partial charge in [-0.25, -0.2) is 5.43 Å². The fourth-order valence-electron chi connectivity index (χ4n) is 1.74. The predicted molar refractivity (Wildman–Crippen MR) is 82.1 cm³/mol. The molecule has 20 heavy (non-hydrogen) atoms. The minimum absolute atomic E-state index is 0.0267. The summed E-state index contributed by atoms with van der Waals surface area (Å²) in [5, 5.41) is 4.12. The predicted octanol–water partition coefficient (Wildman–Crippen LogP) is 3.22. The Kier molecular flexibility index (Phi) is 6.22. The second-order valence-corrected chi connectivity index (χ2v) is 5.18. The van der Waals surface area contributed by atoms with Gasteiger partial charge >= 0.3 is 0 Å². The van der Waals surface area contributed by atoms with E-state index in [1.807, 2.05) is 39.0 Å². The number of ether oxygens (including phenoxy) is 1. The Labute approximate surface area is 121 Å². The molecule has 4 heteroatoms. The lowest BCUT2D eigenvalue weighted by molar-refractivity contribution is -0.123. The maximum absolute atomic E-state index is 11.7. The van der Waals surface area contributed by atoms with Crippen LogP contribution in [0.1, 0.15) is 38.3 Å². The van der Waals surface area contributed by atoms with E-state index in [1.165, 1.54) is 5.56 Å². The van der Waals surface area contributed by atoms with Crippen LogP contribution < -0.4 is 10.2 Å². The van der Waals surface area contributed by atoms with E-state index in [4.69, 9.17) is 4.74 Å². The smallest absolute Gasteiger partial charge is 0.277 e. The summed E-state index contributed by atoms with van der Waals surface area (Å²) in [4.78, 5) is 11.7. The number of carbonyl (C=O) groups is 1. The van der Waals surface area contributed by atoms with Crippen molar-refractivity contribution in [2.45, 2.75) is 41.0 Å². The SMILES string of the molecule is CC/C(=N/NC(=O)COc1ccc(C)c(C)c1)C(C)C. The van der Waals surface area contributed by atoms with E-state index in [1.54, 1.807) is 0 Å². The van der Waals surface area contributed by atoms with Crippen molar-refractivity contribution in [3.05, 3.63) is 29.3 Å². The summed E-state index contributed by atoms with van der Waals surface area (Å²) in [5.41, 5.74) is 5.86. The molecule has 0 heterocycles. The monoisotopic (exact) mass is 276 g/mol. The lowest BCUT2D eigenvalue weighted by Crippen LogP contribution is -2.26. The second-order valence-electron chi connectivity index (χ2n) is 5.18. The molecular weight excluding hydrogens is 252 g/mol. The van der Waals surface area contributed by atoms with Crippen LogP contribution in [0.2, 0.25) is 0 Å². The van der Waals surface area contributed by atoms with Crippen molar-refractivity contribution in [3.8, 4) is 5.75 Å². The van der Waals surface area contributed by atoms with Crippen LogP contribution in [-0.4, -0.2) is 18.2 Å². The summed E-state index contributed by atoms with van der Waals surface area (Å²) in [6, 6.07) is 5.77. The van der Waals surface area contributed by atoms with Gasteiger partial charge in [0.05, 0.1) is 0 Å². The summed E-state index contributed by atoms with van der Waals surface area (Å²) in [6.07, 6.45) is 0.829. The highest BCUT2D eigenvalue weighted by Crippen LogP contribution is 2.16. The second kappa shape index (κ2) is 7.68. The molecule has 0 aliphatic heterocycles. The van der Waals surface area contributed by atoms with Crippen molar-refractivity contribution in [3.63, 3.8) is 0 Å². The molecule has 0 fully saturated rings. The van der Waals surface area contributed by atoms with E-state index < -0.39 is 0 Å². The molecule has 1 rings (SSSR count). The van der Waals surface area contributed by atoms with Crippen molar-refractivity contribution in [2.24, 2.45) is 11.0 Å². The molecule has 0 bridgehead atoms. The number of hydrogen-bond acceptors (Lipinski definition) is 3. The van der Waals surface area contributed by atoms with Crippen LogP contribution in [0, 0.1) is 19.8 Å². The highest BCUT2D eigenvalue weighted by molar-refractivity contribution is 5.87. The van der Waals surface area contributed by atoms with Crippen LogP contribution in [-0.2, 0) is 4.79 Å². The van der Waals surface area contributed by atoms with E-state index >= 15 is 0 Å². The Morgan fingerprint density at radius 2 is 2.00 bits per heavy atom. The van der Waals surface area contributed by atoms with Gasteiger partial charge in [-0.2, -0.15) is 5.10 Å². The highest BCUT2D eigenvalue weighted by Gasteiger charge is 2.05. The molecule has 0 aliphatic carbocycles. The van der Waals surface area contributed by atoms with Crippen LogP contribution in [0.4, 0.5) is 0 Å². The minimum atomic E-state index is -0.241. The zero-order chi connectivity index (χ0) is 15.1. The zero-order valence-corrected chi connectivity index (χ0v) is 13.0. The molecule has 110 valence electrons. The van der Waals surface area contributed by atoms with Crippen LogP contribution in [0.15, 0.2) is 23.3 Å². The van der Waals surface area contributed by atoms with E-state index in [2.05, 4.69) is 24.4 Å². The van der Waals surface area contributed by atoms with Gasteiger partial charge in [0.15, 0.2) is 6.61 Å². The third-order valence-corrected chi connectivity index (χ3v) is 3.20. The van der Waals surface area contributed by atoms with E-state index in [9.17, 15) is 4.79 Å². The molecule has 0 unspecified atom stereocenters. The van der Waals surface area contributed by atoms with Crippen molar-refractivity contribution < 1.29 is 9.53 Å². The number of carbonyl (C=O) groups excluding carboxylic acids is 1. The van der Waals surface area contributed by atoms with Crippen molar-refractivity contribution in [2.75, 3.05) is 6.61 Å². The number of hydrazone groups is 1. The van der Waals surface area contributed by atoms with Crippen LogP contribution >= 0.6 is 0 Å². The molecule has 1 N–H and O–H groups in total. The van der Waals surface area contributed by atoms with E-state index in [0.29, 0.717) is 11.7 Å². The average Bonchev–Trinajstić information content (AvgIpc) is 2.40. The average molecular weight is 276 g/mol. The van der Waals surface area contributed by atoms with Gasteiger partial charge < -0.3 is 4.74 Å². The number of hydrogen-bond donors (Lipinski definition) is 1. The standard InChI is InChI=1S/C16H24N2O2/c1-6-15(11(2)3)17-18-16(19)10-20-14-8-7-12(4)13(5)9-14/h7-9,11H,6,10H2,1-5H3,(H,18,19)/b17-15-. The number of amides is 1. The Morgan fingerprint density at radius 1 is 1.30 bits per heavy atom. The van der Waals surface area contributed by atoms with Gasteiger partial charge in [-0.05, 0) is 49.4 Å². The zero-order valence-electron chi connectivity index (χ0n) is 13.0. The lowest BCUT2D eigenvalue weighted by atomic mass is 10.1. The van der Waals surface area contributed by atoms with Gasteiger partial charge in [0.1, 0.15) is 5.75 Å². The van der Waals surface area contributed by atoms with Crippen molar-refractivity contribution >= 4 is 11.6 Å². The number of nitrogens with one attached hydrogen (secondary N) is 1. The first-order valence-electron chi connectivity index (χ1n) is 6.99. The van der Waals surface area contributed by atoms with Crippen LogP contribution in [0.25, 0.3) is 0 Å². The fourth-order valence-corrected chi connectivity index (χ4v) is 1.74. The first-order chi connectivity index (χ1) is 9.43. The number of aryl methyl sites for hydroxylation is 2. The quantitative estimate of drug-likeness (QED) is 0.640. The summed E-state index contributed by atoms with van der Waals surface area (Å²) in [5.74, 6) is 0.794. The number of rotatable bonds is 6. The first-order valence-corrected chi connectivity index (χ1v) is 6.99. The third kappa shape index (κ3) is 5.03. The third-order valence-electron chi connectivity index (χ3n) is 3.20. The Morgan fingerprint density at radius 3 is 2.55 bits per heavy atom. The maximum Gasteiger partial charge on any atom is 0.277 e. The van der Waals surface area contributed by atoms with Crippen molar-refractivity contribution in [1.29, 1.82) is 0 Å². The molecule has 0 aliphatic rings. The molecule has 1 aromatic carbocycles. The van der Waals surface area contributed by atoms with Gasteiger partial charge in [-0.1, -0.05) is 26.8 Å². The van der Waals surface area contributed by atoms with Crippen molar-refractivity contribution in [1.82, 2.24) is 5.43 Å². The van der Waals surface area contributed by atoms with E-state index in [-0.39, 0.29) is 12.5 Å². The lowest BCUT2D eigenvalue weighted by Gasteiger charge is -2.09.